The Hall–Kier alpha value is -3.82. The second kappa shape index (κ2) is 11.1. The minimum absolute atomic E-state index is 0. The van der Waals surface area contributed by atoms with Crippen molar-refractivity contribution >= 4 is 34.6 Å². The summed E-state index contributed by atoms with van der Waals surface area (Å²) in [6.45, 7) is 5.50. The third kappa shape index (κ3) is 4.99. The molecular formula is C29H33ClN6O3. The van der Waals surface area contributed by atoms with E-state index in [4.69, 9.17) is 14.5 Å². The molecule has 1 saturated heterocycles. The molecule has 0 bridgehead atoms. The lowest BCUT2D eigenvalue weighted by Crippen LogP contribution is -2.42. The van der Waals surface area contributed by atoms with E-state index in [1.165, 1.54) is 5.56 Å². The third-order valence-electron chi connectivity index (χ3n) is 7.69. The van der Waals surface area contributed by atoms with Crippen molar-refractivity contribution in [3.63, 3.8) is 0 Å². The number of nitrogens with one attached hydrogen (secondary N) is 1. The van der Waals surface area contributed by atoms with Gasteiger partial charge in [0.05, 0.1) is 44.8 Å². The maximum absolute atomic E-state index is 13.3. The molecule has 1 aliphatic rings. The number of hydrogen-bond donors (Lipinski definition) is 1. The van der Waals surface area contributed by atoms with E-state index in [0.29, 0.717) is 29.5 Å². The second-order valence-electron chi connectivity index (χ2n) is 10.1. The molecule has 0 saturated carbocycles. The van der Waals surface area contributed by atoms with Gasteiger partial charge in [0.1, 0.15) is 11.0 Å². The summed E-state index contributed by atoms with van der Waals surface area (Å²) in [5.41, 5.74) is 5.22. The minimum Gasteiger partial charge on any atom is -0.493 e. The minimum atomic E-state index is -0.109. The first-order valence-corrected chi connectivity index (χ1v) is 13.0. The van der Waals surface area contributed by atoms with E-state index in [1.807, 2.05) is 33.4 Å². The van der Waals surface area contributed by atoms with Gasteiger partial charge >= 0.3 is 5.69 Å². The second-order valence-corrected chi connectivity index (χ2v) is 10.1. The van der Waals surface area contributed by atoms with Gasteiger partial charge < -0.3 is 19.0 Å². The van der Waals surface area contributed by atoms with Crippen LogP contribution in [0.4, 0.5) is 0 Å². The first-order valence-electron chi connectivity index (χ1n) is 13.0. The van der Waals surface area contributed by atoms with Gasteiger partial charge in [-0.25, -0.2) is 14.8 Å². The number of piperidine rings is 1. The van der Waals surface area contributed by atoms with E-state index in [2.05, 4.69) is 46.1 Å². The van der Waals surface area contributed by atoms with Crippen LogP contribution in [-0.2, 0) is 13.1 Å². The molecule has 1 N–H and O–H groups in total. The highest BCUT2D eigenvalue weighted by atomic mass is 35.5. The molecule has 6 rings (SSSR count). The molecule has 0 radical (unpaired) electrons. The van der Waals surface area contributed by atoms with Crippen molar-refractivity contribution in [2.24, 2.45) is 5.92 Å². The van der Waals surface area contributed by atoms with Gasteiger partial charge in [-0.05, 0) is 42.1 Å². The summed E-state index contributed by atoms with van der Waals surface area (Å²) in [6.07, 6.45) is 4.57. The van der Waals surface area contributed by atoms with Crippen LogP contribution in [0.25, 0.3) is 22.2 Å². The number of H-pyrrole nitrogens is 1. The maximum atomic E-state index is 13.3. The quantitative estimate of drug-likeness (QED) is 0.318. The number of pyridine rings is 1. The van der Waals surface area contributed by atoms with Crippen LogP contribution >= 0.6 is 12.4 Å². The summed E-state index contributed by atoms with van der Waals surface area (Å²) in [4.78, 5) is 28.2. The van der Waals surface area contributed by atoms with Crippen molar-refractivity contribution in [3.05, 3.63) is 82.7 Å². The number of nitrogens with zero attached hydrogens (tertiary/aromatic N) is 5. The maximum Gasteiger partial charge on any atom is 0.326 e. The molecule has 0 amide bonds. The molecular weight excluding hydrogens is 516 g/mol. The van der Waals surface area contributed by atoms with Gasteiger partial charge in [-0.1, -0.05) is 43.3 Å². The van der Waals surface area contributed by atoms with E-state index in [0.717, 1.165) is 48.3 Å². The van der Waals surface area contributed by atoms with Gasteiger partial charge in [-0.15, -0.1) is 12.4 Å². The zero-order valence-corrected chi connectivity index (χ0v) is 23.1. The summed E-state index contributed by atoms with van der Waals surface area (Å²) in [6, 6.07) is 16.4. The summed E-state index contributed by atoms with van der Waals surface area (Å²) in [5, 5.41) is 0. The van der Waals surface area contributed by atoms with Gasteiger partial charge in [0.2, 0.25) is 0 Å². The normalized spacial score (nSPS) is 17.8. The standard InChI is InChI=1S/C29H32N6O3.ClH/c1-19-11-12-33(15-20-7-5-4-6-8-20)17-23(19)35-27-22(32-29(35)36)14-30-28-26(27)31-18-34(28)16-21-9-10-24(37-2)25(13-21)38-3;/h4-10,13-14,18-19,23H,11-12,15-17H2,1-3H3,(H,32,36);1H/t19-,23+;/m1./s1. The Kier molecular flexibility index (Phi) is 7.63. The largest absolute Gasteiger partial charge is 0.493 e. The lowest BCUT2D eigenvalue weighted by atomic mass is 9.92. The molecule has 2 atom stereocenters. The molecule has 1 fully saturated rings. The number of benzene rings is 2. The molecule has 2 aromatic carbocycles. The topological polar surface area (TPSA) is 90.2 Å². The Morgan fingerprint density at radius 1 is 1.00 bits per heavy atom. The van der Waals surface area contributed by atoms with Crippen LogP contribution in [0, 0.1) is 5.92 Å². The average Bonchev–Trinajstić information content (AvgIpc) is 3.50. The summed E-state index contributed by atoms with van der Waals surface area (Å²) < 4.78 is 14.8. The molecule has 5 aromatic rings. The molecule has 3 aromatic heterocycles. The highest BCUT2D eigenvalue weighted by molar-refractivity contribution is 5.98. The van der Waals surface area contributed by atoms with E-state index in [9.17, 15) is 4.79 Å². The number of rotatable bonds is 7. The van der Waals surface area contributed by atoms with Crippen LogP contribution in [0.1, 0.15) is 30.5 Å². The van der Waals surface area contributed by atoms with Crippen molar-refractivity contribution in [3.8, 4) is 11.5 Å². The van der Waals surface area contributed by atoms with Gasteiger partial charge in [0.15, 0.2) is 17.1 Å². The van der Waals surface area contributed by atoms with Crippen LogP contribution in [0.3, 0.4) is 0 Å². The van der Waals surface area contributed by atoms with Crippen LogP contribution < -0.4 is 15.2 Å². The first-order chi connectivity index (χ1) is 18.6. The van der Waals surface area contributed by atoms with E-state index in [-0.39, 0.29) is 24.1 Å². The highest BCUT2D eigenvalue weighted by Gasteiger charge is 2.31. The van der Waals surface area contributed by atoms with Crippen molar-refractivity contribution in [1.29, 1.82) is 0 Å². The summed E-state index contributed by atoms with van der Waals surface area (Å²) in [5.74, 6) is 1.72. The zero-order valence-electron chi connectivity index (χ0n) is 22.3. The molecule has 0 unspecified atom stereocenters. The highest BCUT2D eigenvalue weighted by Crippen LogP contribution is 2.32. The Morgan fingerprint density at radius 2 is 1.79 bits per heavy atom. The summed E-state index contributed by atoms with van der Waals surface area (Å²) >= 11 is 0. The van der Waals surface area contributed by atoms with E-state index < -0.39 is 0 Å². The third-order valence-corrected chi connectivity index (χ3v) is 7.69. The lowest BCUT2D eigenvalue weighted by Gasteiger charge is -2.37. The van der Waals surface area contributed by atoms with Crippen LogP contribution in [0.2, 0.25) is 0 Å². The number of ether oxygens (including phenoxy) is 2. The fourth-order valence-corrected chi connectivity index (χ4v) is 5.65. The average molecular weight is 549 g/mol. The van der Waals surface area contributed by atoms with Crippen molar-refractivity contribution in [2.75, 3.05) is 27.3 Å². The molecule has 1 aliphatic heterocycles. The summed E-state index contributed by atoms with van der Waals surface area (Å²) in [7, 11) is 3.26. The molecule has 0 aliphatic carbocycles. The zero-order chi connectivity index (χ0) is 26.2. The lowest BCUT2D eigenvalue weighted by molar-refractivity contribution is 0.127. The van der Waals surface area contributed by atoms with Crippen LogP contribution in [0.5, 0.6) is 11.5 Å². The molecule has 9 nitrogen and oxygen atoms in total. The fraction of sp³-hybridized carbons (Fsp3) is 0.345. The SMILES string of the molecule is COc1ccc(Cn2cnc3c2ncc2[nH]c(=O)n([C@H]4CN(Cc5ccccc5)CC[C@H]4C)c23)cc1OC.Cl. The van der Waals surface area contributed by atoms with E-state index in [1.54, 1.807) is 26.7 Å². The van der Waals surface area contributed by atoms with Crippen LogP contribution in [-0.4, -0.2) is 56.3 Å². The Bertz CT molecular complexity index is 1640. The number of hydrogen-bond acceptors (Lipinski definition) is 6. The molecule has 4 heterocycles. The monoisotopic (exact) mass is 548 g/mol. The Morgan fingerprint density at radius 3 is 2.56 bits per heavy atom. The molecule has 10 heteroatoms. The number of halogens is 1. The predicted octanol–water partition coefficient (Wildman–Crippen LogP) is 4.64. The van der Waals surface area contributed by atoms with E-state index >= 15 is 0 Å². The fourth-order valence-electron chi connectivity index (χ4n) is 5.65. The number of fused-ring (bicyclic) bond motifs is 3. The number of likely N-dealkylation sites (tertiary alicyclic amines) is 1. The molecule has 204 valence electrons. The Labute approximate surface area is 232 Å². The van der Waals surface area contributed by atoms with Crippen molar-refractivity contribution < 1.29 is 9.47 Å². The van der Waals surface area contributed by atoms with Gasteiger partial charge in [0.25, 0.3) is 0 Å². The van der Waals surface area contributed by atoms with Gasteiger partial charge in [0, 0.05) is 13.1 Å². The van der Waals surface area contributed by atoms with Crippen molar-refractivity contribution in [2.45, 2.75) is 32.5 Å². The van der Waals surface area contributed by atoms with Gasteiger partial charge in [-0.2, -0.15) is 0 Å². The smallest absolute Gasteiger partial charge is 0.326 e. The number of aromatic nitrogens is 5. The number of imidazole rings is 2. The molecule has 0 spiro atoms. The predicted molar refractivity (Wildman–Crippen MR) is 154 cm³/mol. The van der Waals surface area contributed by atoms with Crippen LogP contribution in [0.15, 0.2) is 65.8 Å². The molecule has 39 heavy (non-hydrogen) atoms. The number of methoxy groups -OCH3 is 2. The Balaban J connectivity index is 0.00000308. The van der Waals surface area contributed by atoms with Gasteiger partial charge in [-0.3, -0.25) is 9.47 Å². The first kappa shape index (κ1) is 26.8. The van der Waals surface area contributed by atoms with Crippen molar-refractivity contribution in [1.82, 2.24) is 29.0 Å². The number of aromatic amines is 1.